The van der Waals surface area contributed by atoms with Crippen molar-refractivity contribution in [3.8, 4) is 0 Å². The summed E-state index contributed by atoms with van der Waals surface area (Å²) in [4.78, 5) is 10.7. The second-order valence-electron chi connectivity index (χ2n) is 6.44. The molecule has 7 heteroatoms. The molecule has 3 aromatic rings. The van der Waals surface area contributed by atoms with Crippen LogP contribution in [0.25, 0.3) is 0 Å². The molecule has 0 amide bonds. The van der Waals surface area contributed by atoms with Gasteiger partial charge >= 0.3 is 0 Å². The highest BCUT2D eigenvalue weighted by Crippen LogP contribution is 2.23. The fourth-order valence-electron chi connectivity index (χ4n) is 3.16. The lowest BCUT2D eigenvalue weighted by molar-refractivity contribution is 0.238. The van der Waals surface area contributed by atoms with E-state index in [0.29, 0.717) is 43.3 Å². The Morgan fingerprint density at radius 1 is 1.00 bits per heavy atom. The highest BCUT2D eigenvalue weighted by Gasteiger charge is 2.20. The molecule has 27 heavy (non-hydrogen) atoms. The molecule has 0 unspecified atom stereocenters. The van der Waals surface area contributed by atoms with Crippen molar-refractivity contribution >= 4 is 11.6 Å². The summed E-state index contributed by atoms with van der Waals surface area (Å²) < 4.78 is 41.0. The van der Waals surface area contributed by atoms with E-state index in [1.54, 1.807) is 30.5 Å². The van der Waals surface area contributed by atoms with Crippen LogP contribution in [0.2, 0.25) is 0 Å². The Hall–Kier alpha value is -2.93. The highest BCUT2D eigenvalue weighted by atomic mass is 19.2. The van der Waals surface area contributed by atoms with Crippen LogP contribution in [0.5, 0.6) is 0 Å². The number of fused-ring (bicyclic) bond motifs is 1. The van der Waals surface area contributed by atoms with Crippen LogP contribution in [-0.4, -0.2) is 21.4 Å². The van der Waals surface area contributed by atoms with Gasteiger partial charge in [0, 0.05) is 43.4 Å². The lowest BCUT2D eigenvalue weighted by atomic mass is 10.1. The lowest BCUT2D eigenvalue weighted by Crippen LogP contribution is -2.31. The zero-order valence-electron chi connectivity index (χ0n) is 14.4. The standard InChI is InChI=1S/C20H17F3N4/c21-15-5-1-2-7-18(15)26-20-24-10-14-12-27(9-8-17(14)25-20)11-13-4-3-6-16(22)19(13)23/h1-7,10H,8-9,11-12H2,(H,24,25,26). The summed E-state index contributed by atoms with van der Waals surface area (Å²) in [5, 5.41) is 2.88. The first-order chi connectivity index (χ1) is 13.1. The average Bonchev–Trinajstić information content (AvgIpc) is 2.67. The molecule has 0 spiro atoms. The van der Waals surface area contributed by atoms with E-state index in [1.807, 2.05) is 4.90 Å². The number of hydrogen-bond donors (Lipinski definition) is 1. The topological polar surface area (TPSA) is 41.1 Å². The molecule has 0 fully saturated rings. The molecule has 4 rings (SSSR count). The van der Waals surface area contributed by atoms with Crippen molar-refractivity contribution < 1.29 is 13.2 Å². The molecule has 2 heterocycles. The maximum Gasteiger partial charge on any atom is 0.227 e. The molecule has 0 aliphatic carbocycles. The minimum atomic E-state index is -0.836. The van der Waals surface area contributed by atoms with Crippen LogP contribution in [0.3, 0.4) is 0 Å². The number of para-hydroxylation sites is 1. The van der Waals surface area contributed by atoms with Crippen molar-refractivity contribution in [3.05, 3.63) is 82.9 Å². The summed E-state index contributed by atoms with van der Waals surface area (Å²) in [6.45, 7) is 1.53. The molecule has 1 aromatic heterocycles. The smallest absolute Gasteiger partial charge is 0.227 e. The maximum absolute atomic E-state index is 13.9. The first-order valence-corrected chi connectivity index (χ1v) is 8.62. The van der Waals surface area contributed by atoms with E-state index < -0.39 is 11.6 Å². The van der Waals surface area contributed by atoms with Gasteiger partial charge in [0.25, 0.3) is 0 Å². The summed E-state index contributed by atoms with van der Waals surface area (Å²) in [5.41, 5.74) is 2.45. The lowest BCUT2D eigenvalue weighted by Gasteiger charge is -2.28. The van der Waals surface area contributed by atoms with E-state index in [9.17, 15) is 13.2 Å². The molecule has 0 atom stereocenters. The molecule has 1 aliphatic heterocycles. The Balaban J connectivity index is 1.48. The minimum Gasteiger partial charge on any atom is -0.322 e. The Labute approximate surface area is 154 Å². The van der Waals surface area contributed by atoms with Crippen molar-refractivity contribution in [2.24, 2.45) is 0 Å². The predicted octanol–water partition coefficient (Wildman–Crippen LogP) is 4.20. The molecular weight excluding hydrogens is 353 g/mol. The minimum absolute atomic E-state index is 0.316. The van der Waals surface area contributed by atoms with Gasteiger partial charge in [0.1, 0.15) is 5.82 Å². The van der Waals surface area contributed by atoms with Gasteiger partial charge in [-0.15, -0.1) is 0 Å². The van der Waals surface area contributed by atoms with E-state index in [2.05, 4.69) is 15.3 Å². The first kappa shape index (κ1) is 17.5. The van der Waals surface area contributed by atoms with Crippen LogP contribution >= 0.6 is 0 Å². The largest absolute Gasteiger partial charge is 0.322 e. The highest BCUT2D eigenvalue weighted by molar-refractivity contribution is 5.54. The third-order valence-corrected chi connectivity index (χ3v) is 4.56. The normalized spacial score (nSPS) is 14.0. The van der Waals surface area contributed by atoms with Gasteiger partial charge in [-0.05, 0) is 18.2 Å². The fraction of sp³-hybridized carbons (Fsp3) is 0.200. The third-order valence-electron chi connectivity index (χ3n) is 4.56. The van der Waals surface area contributed by atoms with Crippen LogP contribution in [0.15, 0.2) is 48.7 Å². The van der Waals surface area contributed by atoms with E-state index in [-0.39, 0.29) is 5.82 Å². The second kappa shape index (κ2) is 7.36. The predicted molar refractivity (Wildman–Crippen MR) is 95.9 cm³/mol. The monoisotopic (exact) mass is 370 g/mol. The Bertz CT molecular complexity index is 977. The van der Waals surface area contributed by atoms with Crippen LogP contribution in [0.4, 0.5) is 24.8 Å². The molecule has 1 N–H and O–H groups in total. The number of benzene rings is 2. The Morgan fingerprint density at radius 3 is 2.67 bits per heavy atom. The van der Waals surface area contributed by atoms with Crippen molar-refractivity contribution in [1.82, 2.24) is 14.9 Å². The van der Waals surface area contributed by atoms with E-state index in [0.717, 1.165) is 17.3 Å². The molecule has 4 nitrogen and oxygen atoms in total. The van der Waals surface area contributed by atoms with Crippen LogP contribution in [-0.2, 0) is 19.5 Å². The summed E-state index contributed by atoms with van der Waals surface area (Å²) in [6.07, 6.45) is 2.35. The molecule has 0 saturated carbocycles. The summed E-state index contributed by atoms with van der Waals surface area (Å²) in [7, 11) is 0. The fourth-order valence-corrected chi connectivity index (χ4v) is 3.16. The van der Waals surface area contributed by atoms with E-state index in [1.165, 1.54) is 12.1 Å². The number of rotatable bonds is 4. The Morgan fingerprint density at radius 2 is 1.81 bits per heavy atom. The van der Waals surface area contributed by atoms with Gasteiger partial charge in [0.05, 0.1) is 11.4 Å². The first-order valence-electron chi connectivity index (χ1n) is 8.62. The van der Waals surface area contributed by atoms with Crippen LogP contribution < -0.4 is 5.32 Å². The molecule has 2 aromatic carbocycles. The zero-order chi connectivity index (χ0) is 18.8. The molecule has 0 radical (unpaired) electrons. The SMILES string of the molecule is Fc1ccccc1Nc1ncc2c(n1)CCN(Cc1cccc(F)c1F)C2. The maximum atomic E-state index is 13.9. The molecule has 138 valence electrons. The molecule has 1 aliphatic rings. The van der Waals surface area contributed by atoms with Gasteiger partial charge < -0.3 is 5.32 Å². The summed E-state index contributed by atoms with van der Waals surface area (Å²) >= 11 is 0. The van der Waals surface area contributed by atoms with Crippen LogP contribution in [0, 0.1) is 17.5 Å². The average molecular weight is 370 g/mol. The van der Waals surface area contributed by atoms with E-state index >= 15 is 0 Å². The Kier molecular flexibility index (Phi) is 4.77. The molecular formula is C20H17F3N4. The van der Waals surface area contributed by atoms with Crippen molar-refractivity contribution in [1.29, 1.82) is 0 Å². The van der Waals surface area contributed by atoms with Crippen molar-refractivity contribution in [2.45, 2.75) is 19.5 Å². The molecule has 0 bridgehead atoms. The summed E-state index contributed by atoms with van der Waals surface area (Å²) in [5.74, 6) is -1.67. The van der Waals surface area contributed by atoms with Gasteiger partial charge in [-0.3, -0.25) is 4.90 Å². The van der Waals surface area contributed by atoms with Gasteiger partial charge in [0.2, 0.25) is 5.95 Å². The van der Waals surface area contributed by atoms with Gasteiger partial charge in [-0.1, -0.05) is 24.3 Å². The quantitative estimate of drug-likeness (QED) is 0.748. The number of halogens is 3. The van der Waals surface area contributed by atoms with Gasteiger partial charge in [0.15, 0.2) is 11.6 Å². The number of nitrogens with one attached hydrogen (secondary N) is 1. The van der Waals surface area contributed by atoms with Gasteiger partial charge in [-0.25, -0.2) is 23.1 Å². The van der Waals surface area contributed by atoms with E-state index in [4.69, 9.17) is 0 Å². The van der Waals surface area contributed by atoms with Gasteiger partial charge in [-0.2, -0.15) is 0 Å². The van der Waals surface area contributed by atoms with Crippen LogP contribution in [0.1, 0.15) is 16.8 Å². The number of anilines is 2. The molecule has 0 saturated heterocycles. The summed E-state index contributed by atoms with van der Waals surface area (Å²) in [6, 6.07) is 10.5. The van der Waals surface area contributed by atoms with Crippen molar-refractivity contribution in [3.63, 3.8) is 0 Å². The number of hydrogen-bond acceptors (Lipinski definition) is 4. The number of nitrogens with zero attached hydrogens (tertiary/aromatic N) is 3. The number of aromatic nitrogens is 2. The third kappa shape index (κ3) is 3.78. The zero-order valence-corrected chi connectivity index (χ0v) is 14.4. The van der Waals surface area contributed by atoms with Crippen molar-refractivity contribution in [2.75, 3.05) is 11.9 Å². The second-order valence-corrected chi connectivity index (χ2v) is 6.44.